The number of thioether (sulfide) groups is 1. The zero-order chi connectivity index (χ0) is 18.2. The van der Waals surface area contributed by atoms with Gasteiger partial charge in [-0.15, -0.1) is 11.8 Å². The molecule has 0 nitrogen and oxygen atoms in total. The lowest BCUT2D eigenvalue weighted by molar-refractivity contribution is 0.303. The summed E-state index contributed by atoms with van der Waals surface area (Å²) in [5, 5.41) is 0. The molecule has 140 valence electrons. The molecule has 2 heteroatoms. The van der Waals surface area contributed by atoms with E-state index in [0.717, 1.165) is 17.6 Å². The van der Waals surface area contributed by atoms with Crippen LogP contribution in [0.5, 0.6) is 0 Å². The fourth-order valence-corrected chi connectivity index (χ4v) is 4.91. The van der Waals surface area contributed by atoms with Gasteiger partial charge in [-0.2, -0.15) is 0 Å². The molecule has 0 bridgehead atoms. The zero-order valence-corrected chi connectivity index (χ0v) is 16.7. The van der Waals surface area contributed by atoms with Gasteiger partial charge in [-0.3, -0.25) is 0 Å². The van der Waals surface area contributed by atoms with Crippen molar-refractivity contribution in [3.63, 3.8) is 0 Å². The van der Waals surface area contributed by atoms with Crippen molar-refractivity contribution >= 4 is 11.8 Å². The molecule has 0 amide bonds. The minimum Gasteiger partial charge on any atom is -0.207 e. The summed E-state index contributed by atoms with van der Waals surface area (Å²) >= 11 is 1.82. The number of halogens is 1. The highest BCUT2D eigenvalue weighted by atomic mass is 32.2. The average Bonchev–Trinajstić information content (AvgIpc) is 2.69. The van der Waals surface area contributed by atoms with E-state index in [4.69, 9.17) is 0 Å². The van der Waals surface area contributed by atoms with Crippen LogP contribution in [0.25, 0.3) is 0 Å². The summed E-state index contributed by atoms with van der Waals surface area (Å²) in [6, 6.07) is 16.0. The van der Waals surface area contributed by atoms with E-state index < -0.39 is 0 Å². The first-order chi connectivity index (χ1) is 12.7. The number of hydrogen-bond acceptors (Lipinski definition) is 1. The third-order valence-corrected chi connectivity index (χ3v) is 6.82. The fourth-order valence-electron chi connectivity index (χ4n) is 4.05. The van der Waals surface area contributed by atoms with E-state index >= 15 is 0 Å². The first-order valence-electron chi connectivity index (χ1n) is 10.2. The van der Waals surface area contributed by atoms with Crippen molar-refractivity contribution in [3.05, 3.63) is 65.5 Å². The van der Waals surface area contributed by atoms with E-state index in [1.165, 1.54) is 79.5 Å². The van der Waals surface area contributed by atoms with Crippen LogP contribution in [-0.4, -0.2) is 0 Å². The quantitative estimate of drug-likeness (QED) is 0.335. The SMILES string of the molecule is CCCCCC1CCC(c2ccc(SCc3ccc(F)cc3)cc2)CC1. The van der Waals surface area contributed by atoms with Crippen LogP contribution in [-0.2, 0) is 5.75 Å². The predicted molar refractivity (Wildman–Crippen MR) is 111 cm³/mol. The lowest BCUT2D eigenvalue weighted by Gasteiger charge is -2.29. The van der Waals surface area contributed by atoms with Gasteiger partial charge in [0.25, 0.3) is 0 Å². The van der Waals surface area contributed by atoms with Crippen molar-refractivity contribution in [2.24, 2.45) is 5.92 Å². The third kappa shape index (κ3) is 5.87. The number of benzene rings is 2. The molecule has 1 aliphatic rings. The van der Waals surface area contributed by atoms with E-state index in [0.29, 0.717) is 0 Å². The van der Waals surface area contributed by atoms with Gasteiger partial charge >= 0.3 is 0 Å². The number of unbranched alkanes of at least 4 members (excludes halogenated alkanes) is 2. The summed E-state index contributed by atoms with van der Waals surface area (Å²) in [7, 11) is 0. The largest absolute Gasteiger partial charge is 0.207 e. The molecule has 0 heterocycles. The topological polar surface area (TPSA) is 0 Å². The molecule has 2 aromatic rings. The molecule has 0 aliphatic heterocycles. The molecule has 2 aromatic carbocycles. The Hall–Kier alpha value is -1.28. The smallest absolute Gasteiger partial charge is 0.123 e. The Labute approximate surface area is 162 Å². The normalized spacial score (nSPS) is 20.2. The fraction of sp³-hybridized carbons (Fsp3) is 0.500. The van der Waals surface area contributed by atoms with Crippen LogP contribution < -0.4 is 0 Å². The highest BCUT2D eigenvalue weighted by Crippen LogP contribution is 2.38. The Morgan fingerprint density at radius 1 is 0.885 bits per heavy atom. The summed E-state index contributed by atoms with van der Waals surface area (Å²) in [6.45, 7) is 2.29. The molecule has 0 atom stereocenters. The Morgan fingerprint density at radius 2 is 1.58 bits per heavy atom. The second-order valence-electron chi connectivity index (χ2n) is 7.70. The molecule has 1 saturated carbocycles. The van der Waals surface area contributed by atoms with Crippen LogP contribution in [0.1, 0.15) is 75.3 Å². The molecule has 0 aromatic heterocycles. The second-order valence-corrected chi connectivity index (χ2v) is 8.75. The van der Waals surface area contributed by atoms with Gasteiger partial charge < -0.3 is 0 Å². The molecule has 26 heavy (non-hydrogen) atoms. The van der Waals surface area contributed by atoms with Gasteiger partial charge in [0.1, 0.15) is 5.82 Å². The second kappa shape index (κ2) is 10.2. The molecule has 0 unspecified atom stereocenters. The predicted octanol–water partition coefficient (Wildman–Crippen LogP) is 7.97. The number of hydrogen-bond donors (Lipinski definition) is 0. The van der Waals surface area contributed by atoms with Gasteiger partial charge in [-0.05, 0) is 72.9 Å². The monoisotopic (exact) mass is 370 g/mol. The Kier molecular flexibility index (Phi) is 7.61. The highest BCUT2D eigenvalue weighted by Gasteiger charge is 2.21. The van der Waals surface area contributed by atoms with E-state index in [1.54, 1.807) is 0 Å². The van der Waals surface area contributed by atoms with Gasteiger partial charge in [-0.1, -0.05) is 56.9 Å². The molecule has 3 rings (SSSR count). The van der Waals surface area contributed by atoms with Crippen molar-refractivity contribution in [1.29, 1.82) is 0 Å². The maximum Gasteiger partial charge on any atom is 0.123 e. The van der Waals surface area contributed by atoms with Crippen LogP contribution in [0, 0.1) is 11.7 Å². The van der Waals surface area contributed by atoms with Crippen LogP contribution in [0.4, 0.5) is 4.39 Å². The summed E-state index contributed by atoms with van der Waals surface area (Å²) in [6.07, 6.45) is 11.1. The van der Waals surface area contributed by atoms with Gasteiger partial charge in [0.2, 0.25) is 0 Å². The van der Waals surface area contributed by atoms with Crippen LogP contribution in [0.15, 0.2) is 53.4 Å². The molecule has 0 spiro atoms. The summed E-state index contributed by atoms with van der Waals surface area (Å²) in [4.78, 5) is 1.30. The van der Waals surface area contributed by atoms with Crippen molar-refractivity contribution in [1.82, 2.24) is 0 Å². The first-order valence-corrected chi connectivity index (χ1v) is 11.2. The first kappa shape index (κ1) is 19.5. The van der Waals surface area contributed by atoms with Crippen LogP contribution in [0.3, 0.4) is 0 Å². The lowest BCUT2D eigenvalue weighted by atomic mass is 9.77. The molecule has 1 aliphatic carbocycles. The minimum atomic E-state index is -0.164. The van der Waals surface area contributed by atoms with E-state index in [1.807, 2.05) is 23.9 Å². The van der Waals surface area contributed by atoms with Gasteiger partial charge in [-0.25, -0.2) is 4.39 Å². The van der Waals surface area contributed by atoms with Gasteiger partial charge in [0.15, 0.2) is 0 Å². The van der Waals surface area contributed by atoms with Crippen LogP contribution in [0.2, 0.25) is 0 Å². The lowest BCUT2D eigenvalue weighted by Crippen LogP contribution is -2.13. The van der Waals surface area contributed by atoms with Crippen molar-refractivity contribution in [2.45, 2.75) is 74.9 Å². The Balaban J connectivity index is 1.45. The van der Waals surface area contributed by atoms with E-state index in [9.17, 15) is 4.39 Å². The molecular formula is C24H31FS. The maximum absolute atomic E-state index is 13.0. The van der Waals surface area contributed by atoms with Crippen molar-refractivity contribution < 1.29 is 4.39 Å². The Morgan fingerprint density at radius 3 is 2.23 bits per heavy atom. The van der Waals surface area contributed by atoms with Gasteiger partial charge in [0.05, 0.1) is 0 Å². The summed E-state index contributed by atoms with van der Waals surface area (Å²) < 4.78 is 13.0. The molecule has 0 saturated heterocycles. The third-order valence-electron chi connectivity index (χ3n) is 5.73. The summed E-state index contributed by atoms with van der Waals surface area (Å²) in [5.41, 5.74) is 2.69. The standard InChI is InChI=1S/C24H31FS/c1-2-3-4-5-19-6-10-21(11-7-19)22-12-16-24(17-13-22)26-18-20-8-14-23(25)15-9-20/h8-9,12-17,19,21H,2-7,10-11,18H2,1H3. The van der Waals surface area contributed by atoms with Gasteiger partial charge in [0, 0.05) is 10.6 Å². The van der Waals surface area contributed by atoms with E-state index in [2.05, 4.69) is 31.2 Å². The minimum absolute atomic E-state index is 0.164. The average molecular weight is 371 g/mol. The van der Waals surface area contributed by atoms with E-state index in [-0.39, 0.29) is 5.82 Å². The number of rotatable bonds is 8. The molecular weight excluding hydrogens is 339 g/mol. The Bertz CT molecular complexity index is 639. The van der Waals surface area contributed by atoms with Crippen molar-refractivity contribution in [3.8, 4) is 0 Å². The zero-order valence-electron chi connectivity index (χ0n) is 15.9. The highest BCUT2D eigenvalue weighted by molar-refractivity contribution is 7.98. The van der Waals surface area contributed by atoms with Crippen molar-refractivity contribution in [2.75, 3.05) is 0 Å². The molecule has 0 radical (unpaired) electrons. The summed E-state index contributed by atoms with van der Waals surface area (Å²) in [5.74, 6) is 2.46. The van der Waals surface area contributed by atoms with Crippen LogP contribution >= 0.6 is 11.8 Å². The molecule has 0 N–H and O–H groups in total. The maximum atomic E-state index is 13.0. The molecule has 1 fully saturated rings.